The Morgan fingerprint density at radius 3 is 3.00 bits per heavy atom. The fourth-order valence-electron chi connectivity index (χ4n) is 1.13. The molecule has 1 aliphatic rings. The maximum Gasteiger partial charge on any atom is 0.279 e. The molecular formula is C8H15N3O2S. The van der Waals surface area contributed by atoms with Gasteiger partial charge in [-0.1, -0.05) is 11.8 Å². The molecule has 0 aromatic carbocycles. The number of hydrogen-bond donors (Lipinski definition) is 3. The summed E-state index contributed by atoms with van der Waals surface area (Å²) in [6, 6.07) is -0.345. The molecule has 6 heteroatoms. The lowest BCUT2D eigenvalue weighted by Gasteiger charge is -2.09. The van der Waals surface area contributed by atoms with Gasteiger partial charge in [-0.25, -0.2) is 0 Å². The van der Waals surface area contributed by atoms with Gasteiger partial charge in [-0.15, -0.1) is 0 Å². The zero-order chi connectivity index (χ0) is 10.4. The van der Waals surface area contributed by atoms with Gasteiger partial charge in [0.1, 0.15) is 6.04 Å². The Kier molecular flexibility index (Phi) is 4.75. The molecule has 0 saturated carbocycles. The minimum absolute atomic E-state index is 0.0838. The Balaban J connectivity index is 2.12. The van der Waals surface area contributed by atoms with Crippen molar-refractivity contribution in [1.29, 1.82) is 0 Å². The topological polar surface area (TPSA) is 70.2 Å². The summed E-state index contributed by atoms with van der Waals surface area (Å²) in [5, 5.41) is 8.25. The SMILES string of the molecule is CNCCCNC(=O)C1CSC(=O)N1. The predicted molar refractivity (Wildman–Crippen MR) is 56.3 cm³/mol. The number of amides is 2. The summed E-state index contributed by atoms with van der Waals surface area (Å²) < 4.78 is 0. The number of carbonyl (C=O) groups excluding carboxylic acids is 2. The molecule has 1 unspecified atom stereocenters. The van der Waals surface area contributed by atoms with Crippen molar-refractivity contribution in [2.24, 2.45) is 0 Å². The fourth-order valence-corrected chi connectivity index (χ4v) is 1.90. The highest BCUT2D eigenvalue weighted by Crippen LogP contribution is 2.12. The molecule has 0 radical (unpaired) electrons. The molecule has 0 aliphatic carbocycles. The van der Waals surface area contributed by atoms with Crippen molar-refractivity contribution in [2.45, 2.75) is 12.5 Å². The van der Waals surface area contributed by atoms with E-state index in [-0.39, 0.29) is 17.2 Å². The first-order valence-electron chi connectivity index (χ1n) is 4.59. The van der Waals surface area contributed by atoms with E-state index in [1.165, 1.54) is 0 Å². The van der Waals surface area contributed by atoms with E-state index in [2.05, 4.69) is 16.0 Å². The Hall–Kier alpha value is -0.750. The van der Waals surface area contributed by atoms with Crippen LogP contribution in [0.4, 0.5) is 4.79 Å². The van der Waals surface area contributed by atoms with Gasteiger partial charge in [-0.05, 0) is 20.0 Å². The van der Waals surface area contributed by atoms with Crippen molar-refractivity contribution in [2.75, 3.05) is 25.9 Å². The van der Waals surface area contributed by atoms with Crippen molar-refractivity contribution in [3.8, 4) is 0 Å². The van der Waals surface area contributed by atoms with E-state index in [1.807, 2.05) is 7.05 Å². The largest absolute Gasteiger partial charge is 0.354 e. The predicted octanol–water partition coefficient (Wildman–Crippen LogP) is -0.463. The van der Waals surface area contributed by atoms with Crippen LogP contribution in [0.2, 0.25) is 0 Å². The van der Waals surface area contributed by atoms with Gasteiger partial charge in [-0.3, -0.25) is 9.59 Å². The first-order valence-corrected chi connectivity index (χ1v) is 5.58. The fraction of sp³-hybridized carbons (Fsp3) is 0.750. The zero-order valence-corrected chi connectivity index (χ0v) is 8.95. The molecule has 1 saturated heterocycles. The van der Waals surface area contributed by atoms with E-state index in [9.17, 15) is 9.59 Å². The Bertz CT molecular complexity index is 223. The van der Waals surface area contributed by atoms with Gasteiger partial charge < -0.3 is 16.0 Å². The summed E-state index contributed by atoms with van der Waals surface area (Å²) in [5.74, 6) is 0.455. The van der Waals surface area contributed by atoms with Crippen molar-refractivity contribution in [1.82, 2.24) is 16.0 Å². The average Bonchev–Trinajstić information content (AvgIpc) is 2.59. The maximum absolute atomic E-state index is 11.4. The van der Waals surface area contributed by atoms with Crippen molar-refractivity contribution >= 4 is 22.9 Å². The first-order chi connectivity index (χ1) is 6.74. The van der Waals surface area contributed by atoms with Gasteiger partial charge >= 0.3 is 0 Å². The monoisotopic (exact) mass is 217 g/mol. The van der Waals surface area contributed by atoms with Crippen LogP contribution in [0, 0.1) is 0 Å². The molecule has 1 atom stereocenters. The molecule has 2 amide bonds. The first kappa shape index (κ1) is 11.3. The summed E-state index contributed by atoms with van der Waals surface area (Å²) in [5.41, 5.74) is 0. The lowest BCUT2D eigenvalue weighted by atomic mass is 10.3. The van der Waals surface area contributed by atoms with Crippen LogP contribution in [0.5, 0.6) is 0 Å². The van der Waals surface area contributed by atoms with E-state index in [0.717, 1.165) is 24.7 Å². The number of nitrogens with one attached hydrogen (secondary N) is 3. The van der Waals surface area contributed by atoms with E-state index in [0.29, 0.717) is 12.3 Å². The van der Waals surface area contributed by atoms with E-state index >= 15 is 0 Å². The molecule has 0 aromatic rings. The van der Waals surface area contributed by atoms with Gasteiger partial charge in [0.15, 0.2) is 0 Å². The summed E-state index contributed by atoms with van der Waals surface area (Å²) in [7, 11) is 1.87. The summed E-state index contributed by atoms with van der Waals surface area (Å²) in [6.07, 6.45) is 0.899. The second-order valence-electron chi connectivity index (χ2n) is 3.04. The number of rotatable bonds is 5. The smallest absolute Gasteiger partial charge is 0.279 e. The highest BCUT2D eigenvalue weighted by atomic mass is 32.2. The highest BCUT2D eigenvalue weighted by Gasteiger charge is 2.27. The number of thioether (sulfide) groups is 1. The molecule has 1 fully saturated rings. The number of hydrogen-bond acceptors (Lipinski definition) is 4. The van der Waals surface area contributed by atoms with Gasteiger partial charge in [0.2, 0.25) is 5.91 Å². The van der Waals surface area contributed by atoms with Crippen LogP contribution >= 0.6 is 11.8 Å². The molecule has 3 N–H and O–H groups in total. The Labute approximate surface area is 87.4 Å². The zero-order valence-electron chi connectivity index (χ0n) is 8.13. The molecule has 80 valence electrons. The third-order valence-electron chi connectivity index (χ3n) is 1.89. The molecule has 14 heavy (non-hydrogen) atoms. The normalized spacial score (nSPS) is 20.6. The lowest BCUT2D eigenvalue weighted by molar-refractivity contribution is -0.122. The Morgan fingerprint density at radius 2 is 2.43 bits per heavy atom. The molecule has 0 aromatic heterocycles. The van der Waals surface area contributed by atoms with Crippen molar-refractivity contribution < 1.29 is 9.59 Å². The third kappa shape index (κ3) is 3.55. The van der Waals surface area contributed by atoms with Crippen LogP contribution in [-0.2, 0) is 4.79 Å². The average molecular weight is 217 g/mol. The molecule has 1 aliphatic heterocycles. The van der Waals surface area contributed by atoms with Gasteiger partial charge in [0.05, 0.1) is 0 Å². The molecule has 5 nitrogen and oxygen atoms in total. The van der Waals surface area contributed by atoms with Crippen LogP contribution < -0.4 is 16.0 Å². The molecule has 0 spiro atoms. The maximum atomic E-state index is 11.4. The second kappa shape index (κ2) is 5.87. The van der Waals surface area contributed by atoms with E-state index in [4.69, 9.17) is 0 Å². The van der Waals surface area contributed by atoms with Crippen LogP contribution in [0.15, 0.2) is 0 Å². The van der Waals surface area contributed by atoms with Crippen molar-refractivity contribution in [3.63, 3.8) is 0 Å². The quantitative estimate of drug-likeness (QED) is 0.545. The van der Waals surface area contributed by atoms with Crippen LogP contribution in [0.1, 0.15) is 6.42 Å². The molecule has 1 rings (SSSR count). The lowest BCUT2D eigenvalue weighted by Crippen LogP contribution is -2.43. The van der Waals surface area contributed by atoms with Crippen LogP contribution in [0.3, 0.4) is 0 Å². The summed E-state index contributed by atoms with van der Waals surface area (Å²) >= 11 is 1.15. The van der Waals surface area contributed by atoms with Gasteiger partial charge in [0, 0.05) is 12.3 Å². The Morgan fingerprint density at radius 1 is 1.64 bits per heavy atom. The van der Waals surface area contributed by atoms with Crippen LogP contribution in [-0.4, -0.2) is 43.1 Å². The third-order valence-corrected chi connectivity index (χ3v) is 2.77. The molecular weight excluding hydrogens is 202 g/mol. The molecule has 0 bridgehead atoms. The molecule has 1 heterocycles. The standard InChI is InChI=1S/C8H15N3O2S/c1-9-3-2-4-10-7(12)6-5-14-8(13)11-6/h6,9H,2-5H2,1H3,(H,10,12)(H,11,13). The summed E-state index contributed by atoms with van der Waals surface area (Å²) in [6.45, 7) is 1.53. The van der Waals surface area contributed by atoms with Gasteiger partial charge in [0.25, 0.3) is 5.24 Å². The van der Waals surface area contributed by atoms with E-state index < -0.39 is 0 Å². The minimum Gasteiger partial charge on any atom is -0.354 e. The highest BCUT2D eigenvalue weighted by molar-refractivity contribution is 8.14. The van der Waals surface area contributed by atoms with Gasteiger partial charge in [-0.2, -0.15) is 0 Å². The number of carbonyl (C=O) groups is 2. The van der Waals surface area contributed by atoms with Crippen molar-refractivity contribution in [3.05, 3.63) is 0 Å². The summed E-state index contributed by atoms with van der Waals surface area (Å²) in [4.78, 5) is 22.2. The second-order valence-corrected chi connectivity index (χ2v) is 4.04. The van der Waals surface area contributed by atoms with Crippen LogP contribution in [0.25, 0.3) is 0 Å². The van der Waals surface area contributed by atoms with E-state index in [1.54, 1.807) is 0 Å². The minimum atomic E-state index is -0.345.